The molecule has 0 aromatic rings. The Kier molecular flexibility index (Phi) is 1290. The predicted molar refractivity (Wildman–Crippen MR) is 56.1 cm³/mol. The summed E-state index contributed by atoms with van der Waals surface area (Å²) in [7, 11) is 0. The Morgan fingerprint density at radius 3 is 0.364 bits per heavy atom. The number of halogens is 5. The van der Waals surface area contributed by atoms with E-state index in [2.05, 4.69) is 89.9 Å². The quantitative estimate of drug-likeness (QED) is 0.432. The molecule has 1 radical (unpaired) electrons. The molecular formula is C5H10Cl5Cu-5. The Labute approximate surface area is 106 Å². The molecule has 0 saturated carbocycles. The van der Waals surface area contributed by atoms with E-state index in [9.17, 15) is 0 Å². The van der Waals surface area contributed by atoms with E-state index in [1.165, 1.54) is 0 Å². The van der Waals surface area contributed by atoms with Crippen molar-refractivity contribution in [1.29, 1.82) is 0 Å². The Bertz CT molecular complexity index is 14.8. The topological polar surface area (TPSA) is 0 Å². The van der Waals surface area contributed by atoms with Gasteiger partial charge in [-0.25, -0.2) is 0 Å². The average Bonchev–Trinajstić information content (AvgIpc) is 2.20. The summed E-state index contributed by atoms with van der Waals surface area (Å²) < 4.78 is 0. The summed E-state index contributed by atoms with van der Waals surface area (Å²) in [5.74, 6) is 0. The third-order valence-electron chi connectivity index (χ3n) is 0. The Morgan fingerprint density at radius 1 is 0.364 bits per heavy atom. The first-order valence-corrected chi connectivity index (χ1v) is 4.01. The molecule has 0 spiro atoms. The molecule has 0 nitrogen and oxygen atoms in total. The first-order valence-electron chi connectivity index (χ1n) is 1.34. The molecule has 0 aliphatic carbocycles. The zero-order chi connectivity index (χ0) is 10.0. The van der Waals surface area contributed by atoms with Crippen LogP contribution < -0.4 is 0 Å². The summed E-state index contributed by atoms with van der Waals surface area (Å²) in [4.78, 5) is 0. The molecule has 0 amide bonds. The molecule has 6 heteroatoms. The first-order chi connectivity index (χ1) is 5.00. The third-order valence-corrected chi connectivity index (χ3v) is 0. The van der Waals surface area contributed by atoms with Gasteiger partial charge in [-0.2, -0.15) is 0 Å². The van der Waals surface area contributed by atoms with Crippen LogP contribution in [0.1, 0.15) is 0 Å². The van der Waals surface area contributed by atoms with E-state index in [0.29, 0.717) is 0 Å². The van der Waals surface area contributed by atoms with E-state index in [0.717, 1.165) is 0 Å². The molecule has 81 valence electrons. The van der Waals surface area contributed by atoms with Crippen molar-refractivity contribution in [3.05, 3.63) is 31.9 Å². The van der Waals surface area contributed by atoms with Crippen molar-refractivity contribution >= 4 is 58.0 Å². The van der Waals surface area contributed by atoms with Gasteiger partial charge < -0.3 is 58.0 Å². The van der Waals surface area contributed by atoms with Gasteiger partial charge in [0.2, 0.25) is 0 Å². The van der Waals surface area contributed by atoms with Crippen LogP contribution in [-0.2, 0) is 17.1 Å². The molecule has 0 aliphatic heterocycles. The van der Waals surface area contributed by atoms with E-state index in [4.69, 9.17) is 0 Å². The van der Waals surface area contributed by atoms with Crippen LogP contribution in [-0.4, -0.2) is 0 Å². The summed E-state index contributed by atoms with van der Waals surface area (Å²) in [6, 6.07) is 0. The van der Waals surface area contributed by atoms with Crippen LogP contribution in [0.15, 0.2) is 0 Å². The van der Waals surface area contributed by atoms with E-state index < -0.39 is 0 Å². The second-order valence-electron chi connectivity index (χ2n) is 0. The van der Waals surface area contributed by atoms with Crippen LogP contribution >= 0.6 is 58.0 Å². The van der Waals surface area contributed by atoms with Gasteiger partial charge in [0, 0.05) is 17.1 Å². The minimum Gasteiger partial charge on any atom is -0.352 e. The van der Waals surface area contributed by atoms with Gasteiger partial charge in [-0.3, -0.25) is 31.9 Å². The van der Waals surface area contributed by atoms with Crippen molar-refractivity contribution < 1.29 is 17.1 Å². The van der Waals surface area contributed by atoms with E-state index in [1.807, 2.05) is 0 Å². The minimum absolute atomic E-state index is 0. The van der Waals surface area contributed by atoms with E-state index in [1.54, 1.807) is 0 Å². The molecule has 0 aliphatic rings. The summed E-state index contributed by atoms with van der Waals surface area (Å²) in [6.07, 6.45) is 13.6. The molecule has 0 aromatic carbocycles. The Hall–Kier alpha value is 1.97. The van der Waals surface area contributed by atoms with Crippen molar-refractivity contribution in [3.63, 3.8) is 0 Å². The zero-order valence-electron chi connectivity index (χ0n) is 5.73. The fourth-order valence-corrected chi connectivity index (χ4v) is 0. The van der Waals surface area contributed by atoms with Gasteiger partial charge in [0.1, 0.15) is 0 Å². The van der Waals surface area contributed by atoms with Gasteiger partial charge in [-0.05, 0) is 0 Å². The molecule has 0 N–H and O–H groups in total. The number of hydrogen-bond acceptors (Lipinski definition) is 0. The predicted octanol–water partition coefficient (Wildman–Crippen LogP) is 5.08. The van der Waals surface area contributed by atoms with Crippen molar-refractivity contribution in [2.75, 3.05) is 0 Å². The maximum Gasteiger partial charge on any atom is 0 e. The Balaban J connectivity index is -0.00000000694. The zero-order valence-corrected chi connectivity index (χ0v) is 10.4. The van der Waals surface area contributed by atoms with Crippen LogP contribution in [0.4, 0.5) is 0 Å². The average molecular weight is 311 g/mol. The number of hydrogen-bond donors (Lipinski definition) is 0. The maximum atomic E-state index is 4.39. The molecule has 0 atom stereocenters. The molecule has 0 saturated heterocycles. The summed E-state index contributed by atoms with van der Waals surface area (Å²) in [5.41, 5.74) is 0. The minimum atomic E-state index is 0. The Morgan fingerprint density at radius 2 is 0.364 bits per heavy atom. The van der Waals surface area contributed by atoms with Crippen molar-refractivity contribution in [1.82, 2.24) is 0 Å². The van der Waals surface area contributed by atoms with Crippen LogP contribution in [0.3, 0.4) is 0 Å². The smallest absolute Gasteiger partial charge is 0 e. The van der Waals surface area contributed by atoms with Gasteiger partial charge >= 0.3 is 0 Å². The van der Waals surface area contributed by atoms with Crippen LogP contribution in [0.2, 0.25) is 0 Å². The maximum absolute atomic E-state index is 4.39. The van der Waals surface area contributed by atoms with Gasteiger partial charge in [0.25, 0.3) is 0 Å². The summed E-state index contributed by atoms with van der Waals surface area (Å²) in [5, 5.41) is 0. The molecule has 0 unspecified atom stereocenters. The summed E-state index contributed by atoms with van der Waals surface area (Å²) >= 11 is 21.9. The second-order valence-corrected chi connectivity index (χ2v) is 0. The third kappa shape index (κ3) is 307. The van der Waals surface area contributed by atoms with Gasteiger partial charge in [0.05, 0.1) is 0 Å². The standard InChI is InChI=1S/5CH2Cl.Cu/c5*1-2;/h5*1H2;/q5*-1;. The van der Waals surface area contributed by atoms with Crippen LogP contribution in [0, 0.1) is 31.9 Å². The second kappa shape index (κ2) is 371. The van der Waals surface area contributed by atoms with Crippen molar-refractivity contribution in [2.45, 2.75) is 0 Å². The molecule has 0 heterocycles. The largest absolute Gasteiger partial charge is 0.352 e. The van der Waals surface area contributed by atoms with Crippen molar-refractivity contribution in [3.8, 4) is 0 Å². The SMILES string of the molecule is [CH2-]Cl.[CH2-]Cl.[CH2-]Cl.[CH2-]Cl.[CH2-]Cl.[Cu]. The van der Waals surface area contributed by atoms with Gasteiger partial charge in [0.15, 0.2) is 0 Å². The normalized spacial score (nSPS) is 2.73. The molecule has 0 fully saturated rings. The molecule has 0 bridgehead atoms. The van der Waals surface area contributed by atoms with Crippen LogP contribution in [0.5, 0.6) is 0 Å². The van der Waals surface area contributed by atoms with E-state index in [-0.39, 0.29) is 17.1 Å². The molecule has 11 heavy (non-hydrogen) atoms. The summed E-state index contributed by atoms with van der Waals surface area (Å²) in [6.45, 7) is 0. The number of rotatable bonds is 0. The van der Waals surface area contributed by atoms with Crippen LogP contribution in [0.25, 0.3) is 0 Å². The first kappa shape index (κ1) is 38.3. The monoisotopic (exact) mass is 308 g/mol. The van der Waals surface area contributed by atoms with E-state index >= 15 is 0 Å². The molecule has 0 rings (SSSR count). The van der Waals surface area contributed by atoms with Gasteiger partial charge in [-0.15, -0.1) is 0 Å². The fraction of sp³-hybridized carbons (Fsp3) is 0. The van der Waals surface area contributed by atoms with Crippen molar-refractivity contribution in [2.24, 2.45) is 0 Å². The fourth-order valence-electron chi connectivity index (χ4n) is 0. The molecular weight excluding hydrogens is 301 g/mol. The van der Waals surface area contributed by atoms with Gasteiger partial charge in [-0.1, -0.05) is 0 Å². The molecule has 0 aromatic heterocycles.